The number of nitrogen functional groups attached to an aromatic ring is 1. The van der Waals surface area contributed by atoms with Crippen LogP contribution in [0.25, 0.3) is 22.3 Å². The fourth-order valence-electron chi connectivity index (χ4n) is 2.29. The molecule has 3 aromatic rings. The number of hydrogen-bond acceptors (Lipinski definition) is 7. The van der Waals surface area contributed by atoms with Gasteiger partial charge in [0.15, 0.2) is 5.43 Å². The van der Waals surface area contributed by atoms with Gasteiger partial charge in [-0.1, -0.05) is 30.3 Å². The lowest BCUT2D eigenvalue weighted by atomic mass is 10.1. The van der Waals surface area contributed by atoms with Crippen LogP contribution in [0.1, 0.15) is 0 Å². The lowest BCUT2D eigenvalue weighted by Gasteiger charge is -2.12. The SMILES string of the molecule is Nc1c(NO)cc2oc(-c3ccccc3)cc(=O)c2c1NO. The van der Waals surface area contributed by atoms with Gasteiger partial charge in [-0.2, -0.15) is 0 Å². The first-order valence-corrected chi connectivity index (χ1v) is 6.41. The molecule has 0 aliphatic rings. The van der Waals surface area contributed by atoms with Crippen molar-refractivity contribution >= 4 is 28.0 Å². The summed E-state index contributed by atoms with van der Waals surface area (Å²) in [6, 6.07) is 11.8. The zero-order valence-corrected chi connectivity index (χ0v) is 11.3. The molecule has 0 unspecified atom stereocenters. The molecule has 22 heavy (non-hydrogen) atoms. The summed E-state index contributed by atoms with van der Waals surface area (Å²) in [5, 5.41) is 18.4. The first-order chi connectivity index (χ1) is 10.7. The highest BCUT2D eigenvalue weighted by Crippen LogP contribution is 2.35. The van der Waals surface area contributed by atoms with Crippen molar-refractivity contribution in [3.05, 3.63) is 52.7 Å². The predicted molar refractivity (Wildman–Crippen MR) is 83.2 cm³/mol. The fraction of sp³-hybridized carbons (Fsp3) is 0. The monoisotopic (exact) mass is 299 g/mol. The van der Waals surface area contributed by atoms with Gasteiger partial charge in [0.05, 0.1) is 16.8 Å². The molecule has 0 bridgehead atoms. The molecule has 0 aliphatic carbocycles. The lowest BCUT2D eigenvalue weighted by Crippen LogP contribution is -2.09. The second-order valence-corrected chi connectivity index (χ2v) is 4.65. The van der Waals surface area contributed by atoms with Gasteiger partial charge in [0.25, 0.3) is 0 Å². The fourth-order valence-corrected chi connectivity index (χ4v) is 2.29. The maximum atomic E-state index is 12.4. The topological polar surface area (TPSA) is 121 Å². The van der Waals surface area contributed by atoms with Crippen LogP contribution in [0.3, 0.4) is 0 Å². The highest BCUT2D eigenvalue weighted by atomic mass is 16.5. The van der Waals surface area contributed by atoms with Crippen molar-refractivity contribution in [3.8, 4) is 11.3 Å². The largest absolute Gasteiger partial charge is 0.456 e. The zero-order valence-electron chi connectivity index (χ0n) is 11.3. The molecule has 2 aromatic carbocycles. The van der Waals surface area contributed by atoms with Gasteiger partial charge >= 0.3 is 0 Å². The van der Waals surface area contributed by atoms with Crippen molar-refractivity contribution < 1.29 is 14.8 Å². The van der Waals surface area contributed by atoms with Crippen LogP contribution < -0.4 is 22.1 Å². The molecule has 1 heterocycles. The van der Waals surface area contributed by atoms with Crippen molar-refractivity contribution in [1.29, 1.82) is 0 Å². The third kappa shape index (κ3) is 2.14. The highest BCUT2D eigenvalue weighted by molar-refractivity contribution is 6.02. The minimum Gasteiger partial charge on any atom is -0.456 e. The Morgan fingerprint density at radius 1 is 1.05 bits per heavy atom. The van der Waals surface area contributed by atoms with Gasteiger partial charge in [-0.05, 0) is 0 Å². The van der Waals surface area contributed by atoms with E-state index >= 15 is 0 Å². The van der Waals surface area contributed by atoms with E-state index in [-0.39, 0.29) is 33.5 Å². The van der Waals surface area contributed by atoms with Gasteiger partial charge in [0.1, 0.15) is 17.0 Å². The van der Waals surface area contributed by atoms with Crippen molar-refractivity contribution in [1.82, 2.24) is 0 Å². The first kappa shape index (κ1) is 13.9. The van der Waals surface area contributed by atoms with Gasteiger partial charge in [-0.25, -0.2) is 0 Å². The average Bonchev–Trinajstić information content (AvgIpc) is 2.55. The average molecular weight is 299 g/mol. The van der Waals surface area contributed by atoms with E-state index in [4.69, 9.17) is 15.4 Å². The molecular weight excluding hydrogens is 286 g/mol. The maximum Gasteiger partial charge on any atom is 0.195 e. The summed E-state index contributed by atoms with van der Waals surface area (Å²) in [7, 11) is 0. The Hall–Kier alpha value is -3.03. The Balaban J connectivity index is 2.36. The minimum atomic E-state index is -0.368. The molecule has 1 aromatic heterocycles. The van der Waals surface area contributed by atoms with Crippen LogP contribution in [0.4, 0.5) is 17.1 Å². The number of hydrogen-bond donors (Lipinski definition) is 5. The zero-order chi connectivity index (χ0) is 15.7. The van der Waals surface area contributed by atoms with E-state index in [1.54, 1.807) is 12.1 Å². The maximum absolute atomic E-state index is 12.4. The number of benzene rings is 2. The number of nitrogens with one attached hydrogen (secondary N) is 2. The van der Waals surface area contributed by atoms with E-state index in [1.807, 2.05) is 29.2 Å². The summed E-state index contributed by atoms with van der Waals surface area (Å²) < 4.78 is 5.71. The van der Waals surface area contributed by atoms with Crippen molar-refractivity contribution in [2.24, 2.45) is 0 Å². The Bertz CT molecular complexity index is 891. The molecule has 6 N–H and O–H groups in total. The van der Waals surface area contributed by atoms with Crippen LogP contribution in [-0.2, 0) is 0 Å². The second kappa shape index (κ2) is 5.40. The molecule has 0 amide bonds. The summed E-state index contributed by atoms with van der Waals surface area (Å²) in [5.74, 6) is 0.371. The Kier molecular flexibility index (Phi) is 3.42. The molecule has 7 heteroatoms. The van der Waals surface area contributed by atoms with Crippen LogP contribution in [0.5, 0.6) is 0 Å². The number of fused-ring (bicyclic) bond motifs is 1. The third-order valence-corrected chi connectivity index (χ3v) is 3.35. The molecular formula is C15H13N3O4. The molecule has 0 saturated heterocycles. The molecule has 0 saturated carbocycles. The van der Waals surface area contributed by atoms with Crippen LogP contribution in [0.15, 0.2) is 51.7 Å². The smallest absolute Gasteiger partial charge is 0.195 e. The molecule has 7 nitrogen and oxygen atoms in total. The summed E-state index contributed by atoms with van der Waals surface area (Å²) in [4.78, 5) is 12.4. The molecule has 112 valence electrons. The van der Waals surface area contributed by atoms with Gasteiger partial charge < -0.3 is 10.2 Å². The first-order valence-electron chi connectivity index (χ1n) is 6.41. The number of nitrogens with two attached hydrogens (primary N) is 1. The Labute approximate surface area is 124 Å². The molecule has 0 aliphatic heterocycles. The minimum absolute atomic E-state index is 0.00254. The lowest BCUT2D eigenvalue weighted by molar-refractivity contribution is 0.386. The van der Waals surface area contributed by atoms with E-state index in [2.05, 4.69) is 0 Å². The van der Waals surface area contributed by atoms with E-state index in [0.29, 0.717) is 5.76 Å². The van der Waals surface area contributed by atoms with Crippen LogP contribution >= 0.6 is 0 Å². The van der Waals surface area contributed by atoms with E-state index < -0.39 is 0 Å². The summed E-state index contributed by atoms with van der Waals surface area (Å²) >= 11 is 0. The summed E-state index contributed by atoms with van der Waals surface area (Å²) in [6.07, 6.45) is 0. The Morgan fingerprint density at radius 2 is 1.77 bits per heavy atom. The number of rotatable bonds is 3. The molecule has 0 fully saturated rings. The van der Waals surface area contributed by atoms with Crippen LogP contribution in [0, 0.1) is 0 Å². The van der Waals surface area contributed by atoms with Gasteiger partial charge in [-0.15, -0.1) is 0 Å². The predicted octanol–water partition coefficient (Wildman–Crippen LogP) is 2.64. The standard InChI is InChI=1S/C15H13N3O4/c16-14-9(17-20)6-12-13(15(14)18-21)10(19)7-11(22-12)8-4-2-1-3-5-8/h1-7,17-18,20-21H,16H2. The molecule has 3 rings (SSSR count). The van der Waals surface area contributed by atoms with Crippen molar-refractivity contribution in [2.75, 3.05) is 16.7 Å². The third-order valence-electron chi connectivity index (χ3n) is 3.35. The van der Waals surface area contributed by atoms with Crippen molar-refractivity contribution in [3.63, 3.8) is 0 Å². The normalized spacial score (nSPS) is 10.6. The summed E-state index contributed by atoms with van der Waals surface area (Å²) in [5.41, 5.74) is 10.2. The Morgan fingerprint density at radius 3 is 2.41 bits per heavy atom. The van der Waals surface area contributed by atoms with E-state index in [9.17, 15) is 10.0 Å². The molecule has 0 atom stereocenters. The summed E-state index contributed by atoms with van der Waals surface area (Å²) in [6.45, 7) is 0. The molecule has 0 radical (unpaired) electrons. The number of anilines is 3. The van der Waals surface area contributed by atoms with E-state index in [0.717, 1.165) is 5.56 Å². The van der Waals surface area contributed by atoms with Gasteiger partial charge in [0, 0.05) is 17.7 Å². The quantitative estimate of drug-likeness (QED) is 0.372. The van der Waals surface area contributed by atoms with Crippen LogP contribution in [0.2, 0.25) is 0 Å². The van der Waals surface area contributed by atoms with Gasteiger partial charge in [0.2, 0.25) is 0 Å². The molecule has 0 spiro atoms. The second-order valence-electron chi connectivity index (χ2n) is 4.65. The van der Waals surface area contributed by atoms with Crippen molar-refractivity contribution in [2.45, 2.75) is 0 Å². The highest BCUT2D eigenvalue weighted by Gasteiger charge is 2.16. The van der Waals surface area contributed by atoms with E-state index in [1.165, 1.54) is 12.1 Å². The van der Waals surface area contributed by atoms with Crippen LogP contribution in [-0.4, -0.2) is 10.4 Å². The van der Waals surface area contributed by atoms with Gasteiger partial charge in [-0.3, -0.25) is 26.2 Å².